The van der Waals surface area contributed by atoms with E-state index in [9.17, 15) is 23.3 Å². The molecule has 298 valence electrons. The van der Waals surface area contributed by atoms with Crippen molar-refractivity contribution in [2.75, 3.05) is 56.2 Å². The molecule has 1 unspecified atom stereocenters. The summed E-state index contributed by atoms with van der Waals surface area (Å²) in [6.07, 6.45) is 9.36. The van der Waals surface area contributed by atoms with Crippen molar-refractivity contribution in [3.8, 4) is 11.5 Å². The highest BCUT2D eigenvalue weighted by atomic mass is 35.5. The summed E-state index contributed by atoms with van der Waals surface area (Å²) in [6, 6.07) is 18.8. The lowest BCUT2D eigenvalue weighted by Gasteiger charge is -2.40. The summed E-state index contributed by atoms with van der Waals surface area (Å²) in [4.78, 5) is 37.0. The van der Waals surface area contributed by atoms with E-state index in [-0.39, 0.29) is 29.0 Å². The van der Waals surface area contributed by atoms with Crippen molar-refractivity contribution in [1.29, 1.82) is 0 Å². The van der Waals surface area contributed by atoms with Gasteiger partial charge in [-0.2, -0.15) is 0 Å². The van der Waals surface area contributed by atoms with Crippen LogP contribution in [-0.2, 0) is 21.2 Å². The monoisotopic (exact) mass is 813 g/mol. The Bertz CT molecular complexity index is 2390. The number of sulfonamides is 1. The molecular formula is C41H44ClN7O7S. The van der Waals surface area contributed by atoms with Gasteiger partial charge in [0.2, 0.25) is 0 Å². The number of hydrogen-bond donors (Lipinski definition) is 3. The van der Waals surface area contributed by atoms with E-state index in [0.717, 1.165) is 86.9 Å². The van der Waals surface area contributed by atoms with Crippen LogP contribution in [0.2, 0.25) is 5.02 Å². The van der Waals surface area contributed by atoms with E-state index in [1.807, 2.05) is 12.1 Å². The van der Waals surface area contributed by atoms with Crippen LogP contribution < -0.4 is 19.7 Å². The molecule has 1 atom stereocenters. The highest BCUT2D eigenvalue weighted by Gasteiger charge is 2.30. The number of ether oxygens (including phenoxy) is 2. The third-order valence-electron chi connectivity index (χ3n) is 11.2. The van der Waals surface area contributed by atoms with Crippen molar-refractivity contribution < 1.29 is 27.6 Å². The van der Waals surface area contributed by atoms with Gasteiger partial charge in [-0.15, -0.1) is 0 Å². The van der Waals surface area contributed by atoms with E-state index >= 15 is 0 Å². The number of piperazine rings is 1. The molecule has 16 heteroatoms. The first kappa shape index (κ1) is 38.6. The predicted octanol–water partition coefficient (Wildman–Crippen LogP) is 7.46. The van der Waals surface area contributed by atoms with Gasteiger partial charge in [0.05, 0.1) is 21.6 Å². The average Bonchev–Trinajstić information content (AvgIpc) is 3.59. The van der Waals surface area contributed by atoms with Gasteiger partial charge in [-0.3, -0.25) is 19.8 Å². The first-order chi connectivity index (χ1) is 27.6. The topological polar surface area (TPSA) is 172 Å². The third-order valence-corrected chi connectivity index (χ3v) is 12.8. The second kappa shape index (κ2) is 16.7. The first-order valence-corrected chi connectivity index (χ1v) is 21.2. The number of aromatic amines is 1. The van der Waals surface area contributed by atoms with Crippen molar-refractivity contribution in [2.24, 2.45) is 5.92 Å². The minimum absolute atomic E-state index is 0.0358. The van der Waals surface area contributed by atoms with Crippen molar-refractivity contribution in [1.82, 2.24) is 19.6 Å². The molecule has 0 radical (unpaired) electrons. The molecule has 0 bridgehead atoms. The lowest BCUT2D eigenvalue weighted by Crippen LogP contribution is -2.47. The molecule has 0 saturated carbocycles. The molecular weight excluding hydrogens is 770 g/mol. The lowest BCUT2D eigenvalue weighted by molar-refractivity contribution is -0.384. The number of nitro groups is 1. The Labute approximate surface area is 335 Å². The molecule has 3 aromatic carbocycles. The quantitative estimate of drug-likeness (QED) is 0.0687. The molecule has 2 saturated heterocycles. The smallest absolute Gasteiger partial charge is 0.293 e. The zero-order valence-electron chi connectivity index (χ0n) is 31.3. The van der Waals surface area contributed by atoms with Gasteiger partial charge in [0.25, 0.3) is 21.6 Å². The number of aryl methyl sites for hydroxylation is 1. The lowest BCUT2D eigenvalue weighted by atomic mass is 9.97. The van der Waals surface area contributed by atoms with Crippen molar-refractivity contribution in [3.05, 3.63) is 111 Å². The molecule has 14 nitrogen and oxygen atoms in total. The minimum atomic E-state index is -4.55. The van der Waals surface area contributed by atoms with Gasteiger partial charge >= 0.3 is 0 Å². The zero-order valence-corrected chi connectivity index (χ0v) is 32.9. The number of anilines is 2. The maximum absolute atomic E-state index is 13.9. The second-order valence-electron chi connectivity index (χ2n) is 14.8. The molecule has 4 heterocycles. The van der Waals surface area contributed by atoms with Crippen molar-refractivity contribution in [2.45, 2.75) is 49.5 Å². The van der Waals surface area contributed by atoms with Gasteiger partial charge in [-0.1, -0.05) is 24.1 Å². The number of aromatic nitrogens is 2. The number of hydrogen-bond acceptors (Lipinski definition) is 11. The highest BCUT2D eigenvalue weighted by Crippen LogP contribution is 2.37. The summed E-state index contributed by atoms with van der Waals surface area (Å²) in [7, 11) is -4.55. The average molecular weight is 814 g/mol. The number of rotatable bonds is 11. The molecule has 0 spiro atoms. The van der Waals surface area contributed by atoms with E-state index in [2.05, 4.69) is 41.9 Å². The maximum Gasteiger partial charge on any atom is 0.293 e. The van der Waals surface area contributed by atoms with Crippen LogP contribution in [0.15, 0.2) is 84.0 Å². The summed E-state index contributed by atoms with van der Waals surface area (Å²) < 4.78 is 41.1. The van der Waals surface area contributed by atoms with Crippen LogP contribution in [0.3, 0.4) is 0 Å². The van der Waals surface area contributed by atoms with Gasteiger partial charge in [-0.05, 0) is 97.7 Å². The van der Waals surface area contributed by atoms with Gasteiger partial charge in [-0.25, -0.2) is 18.1 Å². The fourth-order valence-electron chi connectivity index (χ4n) is 8.09. The van der Waals surface area contributed by atoms with Crippen LogP contribution >= 0.6 is 11.6 Å². The molecule has 2 aliphatic heterocycles. The minimum Gasteiger partial charge on any atom is -0.455 e. The number of nitrogens with one attached hydrogen (secondary N) is 3. The molecule has 1 aliphatic carbocycles. The Kier molecular flexibility index (Phi) is 11.3. The molecule has 3 N–H and O–H groups in total. The number of fused-ring (bicyclic) bond motifs is 2. The number of carbonyl (C=O) groups excluding carboxylic acids is 1. The molecule has 3 aliphatic rings. The van der Waals surface area contributed by atoms with Crippen molar-refractivity contribution in [3.63, 3.8) is 0 Å². The summed E-state index contributed by atoms with van der Waals surface area (Å²) in [5.74, 6) is -0.192. The van der Waals surface area contributed by atoms with Crippen LogP contribution in [0.5, 0.6) is 11.5 Å². The number of carbonyl (C=O) groups is 1. The first-order valence-electron chi connectivity index (χ1n) is 19.3. The van der Waals surface area contributed by atoms with E-state index in [1.165, 1.54) is 29.5 Å². The number of pyridine rings is 1. The maximum atomic E-state index is 13.9. The molecule has 1 amide bonds. The van der Waals surface area contributed by atoms with Gasteiger partial charge in [0.15, 0.2) is 0 Å². The zero-order chi connectivity index (χ0) is 39.5. The van der Waals surface area contributed by atoms with Gasteiger partial charge in [0, 0.05) is 86.4 Å². The number of benzene rings is 3. The van der Waals surface area contributed by atoms with Gasteiger partial charge in [0.1, 0.15) is 22.8 Å². The van der Waals surface area contributed by atoms with Crippen LogP contribution in [0, 0.1) is 16.0 Å². The third kappa shape index (κ3) is 8.71. The standard InChI is InChI=1S/C41H44ClN7O7S/c42-30-6-5-28-3-1-2-4-37(35(28)22-30)48-17-15-47(16-18-48)31-7-9-34(39(23-31)56-32-21-29-11-14-43-40(29)45-26-32)41(50)46-57(53,54)33-8-10-36(38(24-33)49(51)52)44-25-27-12-19-55-20-13-27/h5-11,14,21-24,26-27,37,44H,1-4,12-13,15-20,25H2,(H,43,45)(H,46,50). The SMILES string of the molecule is O=C(NS(=O)(=O)c1ccc(NCC2CCOCC2)c([N+](=O)[O-])c1)c1ccc(N2CCN(C3CCCCc4ccc(Cl)cc43)CC2)cc1Oc1cnc2[nH]ccc2c1. The van der Waals surface area contributed by atoms with Crippen molar-refractivity contribution >= 4 is 55.6 Å². The molecule has 8 rings (SSSR count). The number of H-pyrrole nitrogens is 1. The number of halogens is 1. The number of nitrogens with zero attached hydrogens (tertiary/aromatic N) is 4. The Hall–Kier alpha value is -5.22. The van der Waals surface area contributed by atoms with Crippen LogP contribution in [0.1, 0.15) is 59.6 Å². The normalized spacial score (nSPS) is 18.1. The van der Waals surface area contributed by atoms with E-state index in [4.69, 9.17) is 21.1 Å². The Morgan fingerprint density at radius 3 is 2.63 bits per heavy atom. The summed E-state index contributed by atoms with van der Waals surface area (Å²) >= 11 is 6.46. The fourth-order valence-corrected chi connectivity index (χ4v) is 9.25. The Morgan fingerprint density at radius 1 is 1.00 bits per heavy atom. The molecule has 2 aromatic heterocycles. The van der Waals surface area contributed by atoms with E-state index in [1.54, 1.807) is 30.5 Å². The number of nitro benzene ring substituents is 1. The summed E-state index contributed by atoms with van der Waals surface area (Å²) in [6.45, 7) is 4.82. The van der Waals surface area contributed by atoms with Crippen LogP contribution in [0.25, 0.3) is 11.0 Å². The Morgan fingerprint density at radius 2 is 1.82 bits per heavy atom. The van der Waals surface area contributed by atoms with E-state index in [0.29, 0.717) is 31.2 Å². The largest absolute Gasteiger partial charge is 0.455 e. The van der Waals surface area contributed by atoms with Crippen LogP contribution in [-0.4, -0.2) is 80.1 Å². The second-order valence-corrected chi connectivity index (χ2v) is 16.9. The highest BCUT2D eigenvalue weighted by molar-refractivity contribution is 7.90. The number of amides is 1. The van der Waals surface area contributed by atoms with Crippen LogP contribution in [0.4, 0.5) is 17.1 Å². The van der Waals surface area contributed by atoms with E-state index < -0.39 is 31.4 Å². The van der Waals surface area contributed by atoms with Gasteiger partial charge < -0.3 is 24.7 Å². The fraction of sp³-hybridized carbons (Fsp3) is 0.366. The summed E-state index contributed by atoms with van der Waals surface area (Å²) in [5, 5.41) is 16.7. The summed E-state index contributed by atoms with van der Waals surface area (Å²) in [5.41, 5.74) is 3.90. The predicted molar refractivity (Wildman–Crippen MR) is 218 cm³/mol. The Balaban J connectivity index is 1.02. The molecule has 5 aromatic rings. The molecule has 57 heavy (non-hydrogen) atoms. The molecule has 2 fully saturated rings.